The SMILES string of the molecule is CCNc1cc(-c2cn(CCN(C)C(N)=S)nn2)ccn1. The van der Waals surface area contributed by atoms with Gasteiger partial charge >= 0.3 is 0 Å². The van der Waals surface area contributed by atoms with Crippen molar-refractivity contribution in [3.63, 3.8) is 0 Å². The fraction of sp³-hybridized carbons (Fsp3) is 0.385. The van der Waals surface area contributed by atoms with Gasteiger partial charge in [0.05, 0.1) is 12.7 Å². The standard InChI is InChI=1S/C13H19N7S/c1-3-15-12-8-10(4-5-16-12)11-9-20(18-17-11)7-6-19(2)13(14)21/h4-5,8-9H,3,6-7H2,1-2H3,(H2,14,21)(H,15,16). The van der Waals surface area contributed by atoms with Gasteiger partial charge in [-0.3, -0.25) is 4.68 Å². The van der Waals surface area contributed by atoms with Crippen LogP contribution in [0.2, 0.25) is 0 Å². The highest BCUT2D eigenvalue weighted by atomic mass is 32.1. The van der Waals surface area contributed by atoms with E-state index in [-0.39, 0.29) is 0 Å². The average Bonchev–Trinajstić information content (AvgIpc) is 2.94. The van der Waals surface area contributed by atoms with E-state index < -0.39 is 0 Å². The summed E-state index contributed by atoms with van der Waals surface area (Å²) in [6, 6.07) is 3.87. The van der Waals surface area contributed by atoms with E-state index in [0.717, 1.165) is 23.6 Å². The molecule has 0 unspecified atom stereocenters. The number of rotatable bonds is 6. The molecule has 2 aromatic heterocycles. The fourth-order valence-electron chi connectivity index (χ4n) is 1.77. The number of anilines is 1. The smallest absolute Gasteiger partial charge is 0.166 e. The first kappa shape index (κ1) is 15.2. The van der Waals surface area contributed by atoms with Crippen LogP contribution in [-0.2, 0) is 6.54 Å². The summed E-state index contributed by atoms with van der Waals surface area (Å²) in [7, 11) is 1.85. The number of likely N-dealkylation sites (N-methyl/N-ethyl adjacent to an activating group) is 1. The minimum atomic E-state index is 0.375. The summed E-state index contributed by atoms with van der Waals surface area (Å²) in [5, 5.41) is 11.9. The molecule has 0 aromatic carbocycles. The predicted molar refractivity (Wildman–Crippen MR) is 86.8 cm³/mol. The van der Waals surface area contributed by atoms with Gasteiger partial charge in [0.15, 0.2) is 5.11 Å². The zero-order valence-corrected chi connectivity index (χ0v) is 13.0. The van der Waals surface area contributed by atoms with Crippen LogP contribution in [0, 0.1) is 0 Å². The van der Waals surface area contributed by atoms with E-state index in [1.54, 1.807) is 15.8 Å². The van der Waals surface area contributed by atoms with Crippen LogP contribution < -0.4 is 11.1 Å². The summed E-state index contributed by atoms with van der Waals surface area (Å²) in [5.74, 6) is 0.831. The molecule has 0 spiro atoms. The van der Waals surface area contributed by atoms with E-state index in [1.807, 2.05) is 32.3 Å². The van der Waals surface area contributed by atoms with Gasteiger partial charge in [0.1, 0.15) is 11.5 Å². The normalized spacial score (nSPS) is 10.4. The quantitative estimate of drug-likeness (QED) is 0.768. The highest BCUT2D eigenvalue weighted by Gasteiger charge is 2.06. The molecule has 112 valence electrons. The zero-order valence-electron chi connectivity index (χ0n) is 12.2. The van der Waals surface area contributed by atoms with E-state index in [9.17, 15) is 0 Å². The van der Waals surface area contributed by atoms with E-state index in [2.05, 4.69) is 20.6 Å². The van der Waals surface area contributed by atoms with Crippen molar-refractivity contribution in [3.05, 3.63) is 24.5 Å². The van der Waals surface area contributed by atoms with E-state index >= 15 is 0 Å². The Labute approximate surface area is 129 Å². The molecule has 0 radical (unpaired) electrons. The van der Waals surface area contributed by atoms with Crippen molar-refractivity contribution < 1.29 is 0 Å². The number of hydrogen-bond acceptors (Lipinski definition) is 5. The second-order valence-corrected chi connectivity index (χ2v) is 5.01. The largest absolute Gasteiger partial charge is 0.376 e. The van der Waals surface area contributed by atoms with Crippen LogP contribution in [0.3, 0.4) is 0 Å². The Morgan fingerprint density at radius 1 is 1.52 bits per heavy atom. The fourth-order valence-corrected chi connectivity index (χ4v) is 1.86. The number of nitrogens with one attached hydrogen (secondary N) is 1. The second-order valence-electron chi connectivity index (χ2n) is 4.59. The molecular weight excluding hydrogens is 286 g/mol. The molecular formula is C13H19N7S. The van der Waals surface area contributed by atoms with Gasteiger partial charge in [-0.1, -0.05) is 5.21 Å². The number of hydrogen-bond donors (Lipinski definition) is 2. The summed E-state index contributed by atoms with van der Waals surface area (Å²) in [4.78, 5) is 6.04. The molecule has 2 rings (SSSR count). The van der Waals surface area contributed by atoms with Crippen molar-refractivity contribution in [2.24, 2.45) is 5.73 Å². The van der Waals surface area contributed by atoms with Crippen molar-refractivity contribution in [2.75, 3.05) is 25.5 Å². The molecule has 2 heterocycles. The van der Waals surface area contributed by atoms with E-state index in [4.69, 9.17) is 18.0 Å². The Morgan fingerprint density at radius 2 is 2.33 bits per heavy atom. The van der Waals surface area contributed by atoms with Crippen molar-refractivity contribution in [1.29, 1.82) is 0 Å². The number of aromatic nitrogens is 4. The van der Waals surface area contributed by atoms with Crippen LogP contribution in [0.15, 0.2) is 24.5 Å². The molecule has 8 heteroatoms. The highest BCUT2D eigenvalue weighted by Crippen LogP contribution is 2.18. The molecule has 0 saturated heterocycles. The number of nitrogens with zero attached hydrogens (tertiary/aromatic N) is 5. The van der Waals surface area contributed by atoms with Crippen LogP contribution in [0.25, 0.3) is 11.3 Å². The lowest BCUT2D eigenvalue weighted by Gasteiger charge is -2.15. The van der Waals surface area contributed by atoms with Gasteiger partial charge in [-0.05, 0) is 31.3 Å². The van der Waals surface area contributed by atoms with Gasteiger partial charge < -0.3 is 16.0 Å². The molecule has 21 heavy (non-hydrogen) atoms. The Balaban J connectivity index is 2.05. The lowest BCUT2D eigenvalue weighted by molar-refractivity contribution is 0.441. The second kappa shape index (κ2) is 6.98. The van der Waals surface area contributed by atoms with Crippen molar-refractivity contribution in [3.8, 4) is 11.3 Å². The maximum absolute atomic E-state index is 5.54. The predicted octanol–water partition coefficient (Wildman–Crippen LogP) is 0.947. The summed E-state index contributed by atoms with van der Waals surface area (Å²) >= 11 is 4.90. The van der Waals surface area contributed by atoms with Crippen LogP contribution in [0.4, 0.5) is 5.82 Å². The third-order valence-corrected chi connectivity index (χ3v) is 3.30. The average molecular weight is 305 g/mol. The molecule has 0 fully saturated rings. The lowest BCUT2D eigenvalue weighted by Crippen LogP contribution is -2.34. The Bertz CT molecular complexity index is 610. The van der Waals surface area contributed by atoms with Gasteiger partial charge in [-0.15, -0.1) is 5.10 Å². The maximum atomic E-state index is 5.54. The first-order valence-corrected chi connectivity index (χ1v) is 7.12. The monoisotopic (exact) mass is 305 g/mol. The van der Waals surface area contributed by atoms with Crippen LogP contribution in [0.5, 0.6) is 0 Å². The van der Waals surface area contributed by atoms with Crippen molar-refractivity contribution >= 4 is 23.1 Å². The van der Waals surface area contributed by atoms with E-state index in [1.165, 1.54) is 0 Å². The Hall–Kier alpha value is -2.22. The number of nitrogens with two attached hydrogens (primary N) is 1. The molecule has 0 aliphatic rings. The topological polar surface area (TPSA) is 84.9 Å². The van der Waals surface area contributed by atoms with Crippen molar-refractivity contribution in [2.45, 2.75) is 13.5 Å². The van der Waals surface area contributed by atoms with Gasteiger partial charge in [0.25, 0.3) is 0 Å². The minimum Gasteiger partial charge on any atom is -0.376 e. The van der Waals surface area contributed by atoms with Crippen molar-refractivity contribution in [1.82, 2.24) is 24.9 Å². The molecule has 0 saturated carbocycles. The zero-order chi connectivity index (χ0) is 15.2. The molecule has 0 aliphatic carbocycles. The first-order valence-electron chi connectivity index (χ1n) is 6.71. The molecule has 0 bridgehead atoms. The third-order valence-electron chi connectivity index (χ3n) is 2.99. The summed E-state index contributed by atoms with van der Waals surface area (Å²) in [6.07, 6.45) is 3.66. The van der Waals surface area contributed by atoms with Gasteiger partial charge in [0, 0.05) is 31.9 Å². The lowest BCUT2D eigenvalue weighted by atomic mass is 10.2. The Kier molecular flexibility index (Phi) is 5.04. The summed E-state index contributed by atoms with van der Waals surface area (Å²) in [5.41, 5.74) is 7.34. The van der Waals surface area contributed by atoms with Gasteiger partial charge in [-0.25, -0.2) is 4.98 Å². The number of thiocarbonyl (C=S) groups is 1. The maximum Gasteiger partial charge on any atom is 0.166 e. The van der Waals surface area contributed by atoms with Crippen LogP contribution in [0.1, 0.15) is 6.92 Å². The summed E-state index contributed by atoms with van der Waals surface area (Å²) in [6.45, 7) is 4.22. The number of pyridine rings is 1. The molecule has 2 aromatic rings. The van der Waals surface area contributed by atoms with Crippen LogP contribution in [-0.4, -0.2) is 50.1 Å². The third kappa shape index (κ3) is 4.12. The highest BCUT2D eigenvalue weighted by molar-refractivity contribution is 7.80. The molecule has 0 atom stereocenters. The Morgan fingerprint density at radius 3 is 3.05 bits per heavy atom. The van der Waals surface area contributed by atoms with Gasteiger partial charge in [0.2, 0.25) is 0 Å². The summed E-state index contributed by atoms with van der Waals surface area (Å²) < 4.78 is 1.78. The molecule has 0 aliphatic heterocycles. The molecule has 0 amide bonds. The minimum absolute atomic E-state index is 0.375. The van der Waals surface area contributed by atoms with Crippen LogP contribution >= 0.6 is 12.2 Å². The first-order chi connectivity index (χ1) is 10.1. The van der Waals surface area contributed by atoms with E-state index in [0.29, 0.717) is 18.2 Å². The molecule has 7 nitrogen and oxygen atoms in total. The molecule has 3 N–H and O–H groups in total. The van der Waals surface area contributed by atoms with Gasteiger partial charge in [-0.2, -0.15) is 0 Å².